The van der Waals surface area contributed by atoms with Gasteiger partial charge in [-0.1, -0.05) is 6.08 Å². The molecule has 0 unspecified atom stereocenters. The topological polar surface area (TPSA) is 43.4 Å². The van der Waals surface area contributed by atoms with Gasteiger partial charge in [-0.15, -0.1) is 0 Å². The second-order valence-electron chi connectivity index (χ2n) is 1.41. The minimum Gasteiger partial charge on any atom is -0.390 e. The van der Waals surface area contributed by atoms with E-state index in [1.165, 1.54) is 19.1 Å². The third kappa shape index (κ3) is 4.74. The molecule has 0 aliphatic heterocycles. The standard InChI is InChI=1S/C6H8O3/c1-3-4-6(8)9-5(2)7/h3-4H,1-2H3/b4-3+. The van der Waals surface area contributed by atoms with Gasteiger partial charge in [-0.25, -0.2) is 4.79 Å². The average molecular weight is 128 g/mol. The normalized spacial score (nSPS) is 9.56. The highest BCUT2D eigenvalue weighted by Gasteiger charge is 1.97. The van der Waals surface area contributed by atoms with Crippen molar-refractivity contribution in [2.45, 2.75) is 13.8 Å². The van der Waals surface area contributed by atoms with Crippen molar-refractivity contribution >= 4 is 11.9 Å². The van der Waals surface area contributed by atoms with Crippen LogP contribution >= 0.6 is 0 Å². The van der Waals surface area contributed by atoms with Crippen LogP contribution in [0.15, 0.2) is 12.2 Å². The van der Waals surface area contributed by atoms with Crippen molar-refractivity contribution < 1.29 is 14.3 Å². The summed E-state index contributed by atoms with van der Waals surface area (Å²) in [5.41, 5.74) is 0. The minimum atomic E-state index is -0.620. The fourth-order valence-corrected chi connectivity index (χ4v) is 0.312. The van der Waals surface area contributed by atoms with Crippen LogP contribution in [0.25, 0.3) is 0 Å². The van der Waals surface area contributed by atoms with E-state index in [9.17, 15) is 9.59 Å². The smallest absolute Gasteiger partial charge is 0.338 e. The van der Waals surface area contributed by atoms with Crippen LogP contribution in [-0.4, -0.2) is 11.9 Å². The number of rotatable bonds is 1. The molecule has 0 saturated carbocycles. The van der Waals surface area contributed by atoms with E-state index in [0.717, 1.165) is 0 Å². The van der Waals surface area contributed by atoms with E-state index in [0.29, 0.717) is 0 Å². The molecule has 0 fully saturated rings. The molecule has 9 heavy (non-hydrogen) atoms. The third-order valence-electron chi connectivity index (χ3n) is 0.547. The quantitative estimate of drug-likeness (QED) is 0.296. The summed E-state index contributed by atoms with van der Waals surface area (Å²) in [5.74, 6) is -1.21. The summed E-state index contributed by atoms with van der Waals surface area (Å²) in [5, 5.41) is 0. The molecular formula is C6H8O3. The molecule has 0 amide bonds. The number of hydrogen-bond acceptors (Lipinski definition) is 3. The van der Waals surface area contributed by atoms with Gasteiger partial charge < -0.3 is 4.74 Å². The van der Waals surface area contributed by atoms with Gasteiger partial charge in [-0.2, -0.15) is 0 Å². The third-order valence-corrected chi connectivity index (χ3v) is 0.547. The van der Waals surface area contributed by atoms with Gasteiger partial charge in [0.05, 0.1) is 0 Å². The van der Waals surface area contributed by atoms with Crippen LogP contribution in [0.3, 0.4) is 0 Å². The molecule has 0 aliphatic rings. The maximum Gasteiger partial charge on any atom is 0.338 e. The highest BCUT2D eigenvalue weighted by atomic mass is 16.6. The van der Waals surface area contributed by atoms with Gasteiger partial charge in [-0.05, 0) is 6.92 Å². The van der Waals surface area contributed by atoms with Crippen molar-refractivity contribution in [3.8, 4) is 0 Å². The summed E-state index contributed by atoms with van der Waals surface area (Å²) in [6.45, 7) is 2.85. The second-order valence-corrected chi connectivity index (χ2v) is 1.41. The lowest BCUT2D eigenvalue weighted by Gasteiger charge is -1.90. The maximum absolute atomic E-state index is 10.3. The molecule has 0 saturated heterocycles. The van der Waals surface area contributed by atoms with Crippen molar-refractivity contribution in [1.82, 2.24) is 0 Å². The van der Waals surface area contributed by atoms with Crippen molar-refractivity contribution in [3.05, 3.63) is 12.2 Å². The first-order chi connectivity index (χ1) is 4.16. The van der Waals surface area contributed by atoms with Crippen molar-refractivity contribution in [3.63, 3.8) is 0 Å². The first-order valence-electron chi connectivity index (χ1n) is 2.52. The Balaban J connectivity index is 3.64. The summed E-state index contributed by atoms with van der Waals surface area (Å²) in [4.78, 5) is 20.4. The Bertz CT molecular complexity index is 146. The van der Waals surface area contributed by atoms with Crippen LogP contribution in [0.2, 0.25) is 0 Å². The monoisotopic (exact) mass is 128 g/mol. The van der Waals surface area contributed by atoms with Crippen LogP contribution in [0.4, 0.5) is 0 Å². The zero-order chi connectivity index (χ0) is 7.28. The molecule has 0 atom stereocenters. The summed E-state index contributed by atoms with van der Waals surface area (Å²) in [6, 6.07) is 0. The molecular weight excluding hydrogens is 120 g/mol. The first kappa shape index (κ1) is 7.88. The second kappa shape index (κ2) is 3.83. The van der Waals surface area contributed by atoms with Gasteiger partial charge in [0.1, 0.15) is 0 Å². The Hall–Kier alpha value is -1.12. The van der Waals surface area contributed by atoms with Crippen molar-refractivity contribution in [1.29, 1.82) is 0 Å². The Morgan fingerprint density at radius 1 is 1.44 bits per heavy atom. The zero-order valence-electron chi connectivity index (χ0n) is 5.38. The fourth-order valence-electron chi connectivity index (χ4n) is 0.312. The Morgan fingerprint density at radius 3 is 2.33 bits per heavy atom. The zero-order valence-corrected chi connectivity index (χ0v) is 5.38. The molecule has 0 heterocycles. The van der Waals surface area contributed by atoms with E-state index < -0.39 is 11.9 Å². The van der Waals surface area contributed by atoms with Crippen LogP contribution in [0.1, 0.15) is 13.8 Å². The summed E-state index contributed by atoms with van der Waals surface area (Å²) < 4.78 is 4.13. The van der Waals surface area contributed by atoms with Gasteiger partial charge in [-0.3, -0.25) is 4.79 Å². The van der Waals surface area contributed by atoms with Crippen LogP contribution in [0, 0.1) is 0 Å². The van der Waals surface area contributed by atoms with E-state index in [4.69, 9.17) is 0 Å². The number of esters is 2. The fraction of sp³-hybridized carbons (Fsp3) is 0.333. The molecule has 0 bridgehead atoms. The molecule has 3 heteroatoms. The van der Waals surface area contributed by atoms with E-state index in [-0.39, 0.29) is 0 Å². The van der Waals surface area contributed by atoms with Gasteiger partial charge in [0.2, 0.25) is 0 Å². The lowest BCUT2D eigenvalue weighted by Crippen LogP contribution is -2.04. The minimum absolute atomic E-state index is 0.585. The molecule has 0 aromatic rings. The molecule has 0 rings (SSSR count). The summed E-state index contributed by atoms with van der Waals surface area (Å²) in [7, 11) is 0. The molecule has 0 N–H and O–H groups in total. The Labute approximate surface area is 53.3 Å². The predicted octanol–water partition coefficient (Wildman–Crippen LogP) is 0.652. The molecule has 3 nitrogen and oxygen atoms in total. The molecule has 50 valence electrons. The van der Waals surface area contributed by atoms with Crippen molar-refractivity contribution in [2.75, 3.05) is 0 Å². The highest BCUT2D eigenvalue weighted by Crippen LogP contribution is 1.80. The largest absolute Gasteiger partial charge is 0.390 e. The van der Waals surface area contributed by atoms with Crippen LogP contribution in [0.5, 0.6) is 0 Å². The number of ether oxygens (including phenoxy) is 1. The maximum atomic E-state index is 10.3. The van der Waals surface area contributed by atoms with E-state index in [2.05, 4.69) is 4.74 Å². The van der Waals surface area contributed by atoms with Gasteiger partial charge in [0.15, 0.2) is 0 Å². The van der Waals surface area contributed by atoms with E-state index in [1.807, 2.05) is 0 Å². The average Bonchev–Trinajstić information content (AvgIpc) is 1.63. The SMILES string of the molecule is C/C=C/C(=O)OC(C)=O. The molecule has 0 radical (unpaired) electrons. The summed E-state index contributed by atoms with van der Waals surface area (Å²) in [6.07, 6.45) is 2.69. The molecule has 0 spiro atoms. The number of hydrogen-bond donors (Lipinski definition) is 0. The number of carbonyl (C=O) groups excluding carboxylic acids is 2. The number of carbonyl (C=O) groups is 2. The van der Waals surface area contributed by atoms with Gasteiger partial charge in [0, 0.05) is 13.0 Å². The lowest BCUT2D eigenvalue weighted by atomic mass is 10.5. The van der Waals surface area contributed by atoms with Crippen LogP contribution < -0.4 is 0 Å². The van der Waals surface area contributed by atoms with Crippen molar-refractivity contribution in [2.24, 2.45) is 0 Å². The first-order valence-corrected chi connectivity index (χ1v) is 2.52. The van der Waals surface area contributed by atoms with Gasteiger partial charge >= 0.3 is 11.9 Å². The predicted molar refractivity (Wildman–Crippen MR) is 31.6 cm³/mol. The molecule has 0 aliphatic carbocycles. The van der Waals surface area contributed by atoms with Crippen LogP contribution in [-0.2, 0) is 14.3 Å². The Morgan fingerprint density at radius 2 is 2.00 bits per heavy atom. The summed E-state index contributed by atoms with van der Waals surface area (Å²) >= 11 is 0. The molecule has 0 aromatic heterocycles. The Kier molecular flexibility index (Phi) is 3.35. The van der Waals surface area contributed by atoms with Gasteiger partial charge in [0.25, 0.3) is 0 Å². The van der Waals surface area contributed by atoms with E-state index >= 15 is 0 Å². The lowest BCUT2D eigenvalue weighted by molar-refractivity contribution is -0.154. The number of allylic oxidation sites excluding steroid dienone is 1. The molecule has 0 aromatic carbocycles. The highest BCUT2D eigenvalue weighted by molar-refractivity contribution is 5.91. The van der Waals surface area contributed by atoms with E-state index in [1.54, 1.807) is 6.92 Å².